The molecule has 7 heteroatoms. The van der Waals surface area contributed by atoms with Crippen LogP contribution in [0.2, 0.25) is 0 Å². The number of halogens is 3. The van der Waals surface area contributed by atoms with Gasteiger partial charge in [-0.1, -0.05) is 31.2 Å². The van der Waals surface area contributed by atoms with Gasteiger partial charge in [0, 0.05) is 29.9 Å². The molecule has 0 saturated carbocycles. The van der Waals surface area contributed by atoms with Crippen LogP contribution in [0.4, 0.5) is 13.2 Å². The number of thiophene rings is 1. The largest absolute Gasteiger partial charge is 0.416 e. The van der Waals surface area contributed by atoms with Crippen LogP contribution in [0.1, 0.15) is 42.2 Å². The lowest BCUT2D eigenvalue weighted by molar-refractivity contribution is -0.137. The highest BCUT2D eigenvalue weighted by Crippen LogP contribution is 2.40. The lowest BCUT2D eigenvalue weighted by atomic mass is 9.77. The van der Waals surface area contributed by atoms with Crippen LogP contribution in [0, 0.1) is 0 Å². The van der Waals surface area contributed by atoms with Gasteiger partial charge < -0.3 is 10.1 Å². The zero-order valence-corrected chi connectivity index (χ0v) is 15.8. The van der Waals surface area contributed by atoms with Crippen LogP contribution in [-0.4, -0.2) is 25.2 Å². The third-order valence-corrected chi connectivity index (χ3v) is 6.09. The minimum atomic E-state index is -4.42. The van der Waals surface area contributed by atoms with Gasteiger partial charge in [0.05, 0.1) is 11.7 Å². The van der Waals surface area contributed by atoms with Gasteiger partial charge in [-0.3, -0.25) is 4.79 Å². The Balaban J connectivity index is 1.83. The summed E-state index contributed by atoms with van der Waals surface area (Å²) in [5, 5.41) is 4.74. The van der Waals surface area contributed by atoms with E-state index >= 15 is 0 Å². The van der Waals surface area contributed by atoms with Crippen LogP contribution in [0.25, 0.3) is 0 Å². The van der Waals surface area contributed by atoms with Crippen LogP contribution < -0.4 is 5.32 Å². The highest BCUT2D eigenvalue weighted by molar-refractivity contribution is 7.10. The van der Waals surface area contributed by atoms with Crippen LogP contribution in [0.15, 0.2) is 41.8 Å². The van der Waals surface area contributed by atoms with Crippen molar-refractivity contribution < 1.29 is 22.7 Å². The molecule has 2 aromatic rings. The summed E-state index contributed by atoms with van der Waals surface area (Å²) in [6, 6.07) is 8.95. The van der Waals surface area contributed by atoms with Crippen molar-refractivity contribution in [2.45, 2.75) is 43.9 Å². The molecule has 3 nitrogen and oxygen atoms in total. The molecule has 2 atom stereocenters. The van der Waals surface area contributed by atoms with Crippen molar-refractivity contribution in [3.05, 3.63) is 57.8 Å². The van der Waals surface area contributed by atoms with Gasteiger partial charge in [-0.2, -0.15) is 13.2 Å². The van der Waals surface area contributed by atoms with Crippen molar-refractivity contribution in [3.63, 3.8) is 0 Å². The van der Waals surface area contributed by atoms with Crippen molar-refractivity contribution in [2.75, 3.05) is 13.2 Å². The fraction of sp³-hybridized carbons (Fsp3) is 0.450. The zero-order chi connectivity index (χ0) is 19.5. The molecule has 1 aliphatic heterocycles. The van der Waals surface area contributed by atoms with E-state index in [4.69, 9.17) is 4.74 Å². The average molecular weight is 397 g/mol. The summed E-state index contributed by atoms with van der Waals surface area (Å²) >= 11 is 1.44. The van der Waals surface area contributed by atoms with E-state index in [1.54, 1.807) is 6.07 Å². The Labute approximate surface area is 160 Å². The third-order valence-electron chi connectivity index (χ3n) is 4.96. The normalized spacial score (nSPS) is 19.6. The summed E-state index contributed by atoms with van der Waals surface area (Å²) in [4.78, 5) is 13.4. The summed E-state index contributed by atoms with van der Waals surface area (Å²) < 4.78 is 45.0. The molecular formula is C20H22F3NO2S. The minimum absolute atomic E-state index is 0.0236. The number of carbonyl (C=O) groups excluding carboxylic acids is 1. The monoisotopic (exact) mass is 397 g/mol. The van der Waals surface area contributed by atoms with E-state index in [9.17, 15) is 18.0 Å². The lowest BCUT2D eigenvalue weighted by Crippen LogP contribution is -2.37. The van der Waals surface area contributed by atoms with E-state index in [1.807, 2.05) is 24.4 Å². The Morgan fingerprint density at radius 3 is 2.67 bits per heavy atom. The van der Waals surface area contributed by atoms with Crippen LogP contribution in [0.3, 0.4) is 0 Å². The molecule has 1 aromatic heterocycles. The number of nitrogens with one attached hydrogen (secondary N) is 1. The first-order valence-corrected chi connectivity index (χ1v) is 9.77. The van der Waals surface area contributed by atoms with Crippen LogP contribution in [0.5, 0.6) is 0 Å². The first-order chi connectivity index (χ1) is 12.8. The summed E-state index contributed by atoms with van der Waals surface area (Å²) in [6.07, 6.45) is -2.43. The van der Waals surface area contributed by atoms with E-state index in [0.29, 0.717) is 18.7 Å². The van der Waals surface area contributed by atoms with Crippen LogP contribution >= 0.6 is 11.3 Å². The van der Waals surface area contributed by atoms with Crippen molar-refractivity contribution >= 4 is 17.2 Å². The molecule has 27 heavy (non-hydrogen) atoms. The molecule has 1 N–H and O–H groups in total. The molecule has 0 aliphatic carbocycles. The molecular weight excluding hydrogens is 375 g/mol. The number of ether oxygens (including phenoxy) is 1. The number of alkyl halides is 3. The molecule has 1 fully saturated rings. The second-order valence-corrected chi connectivity index (χ2v) is 7.95. The fourth-order valence-electron chi connectivity index (χ4n) is 3.38. The predicted octanol–water partition coefficient (Wildman–Crippen LogP) is 4.76. The number of benzene rings is 1. The Bertz CT molecular complexity index is 770. The second-order valence-electron chi connectivity index (χ2n) is 7.00. The van der Waals surface area contributed by atoms with Crippen LogP contribution in [-0.2, 0) is 21.1 Å². The predicted molar refractivity (Wildman–Crippen MR) is 98.8 cm³/mol. The third kappa shape index (κ3) is 4.71. The number of hydrogen-bond donors (Lipinski definition) is 1. The van der Waals surface area contributed by atoms with Crippen molar-refractivity contribution in [1.29, 1.82) is 0 Å². The molecule has 1 amide bonds. The first kappa shape index (κ1) is 19.9. The molecule has 0 radical (unpaired) electrons. The number of hydrogen-bond acceptors (Lipinski definition) is 3. The maximum Gasteiger partial charge on any atom is 0.416 e. The number of carbonyl (C=O) groups is 1. The Morgan fingerprint density at radius 2 is 2.04 bits per heavy atom. The van der Waals surface area contributed by atoms with Gasteiger partial charge in [0.15, 0.2) is 0 Å². The molecule has 146 valence electrons. The SMILES string of the molecule is C[C@](CC(=O)NC[C@H]1CCCO1)(c1cccc(C(F)(F)F)c1)c1cccs1. The molecule has 0 spiro atoms. The maximum absolute atomic E-state index is 13.2. The van der Waals surface area contributed by atoms with Gasteiger partial charge >= 0.3 is 6.18 Å². The van der Waals surface area contributed by atoms with Gasteiger partial charge in [0.2, 0.25) is 5.91 Å². The van der Waals surface area contributed by atoms with E-state index in [-0.39, 0.29) is 18.4 Å². The quantitative estimate of drug-likeness (QED) is 0.763. The molecule has 0 bridgehead atoms. The fourth-order valence-corrected chi connectivity index (χ4v) is 4.29. The van der Waals surface area contributed by atoms with Gasteiger partial charge in [-0.25, -0.2) is 0 Å². The van der Waals surface area contributed by atoms with E-state index in [2.05, 4.69) is 5.32 Å². The van der Waals surface area contributed by atoms with E-state index < -0.39 is 17.2 Å². The minimum Gasteiger partial charge on any atom is -0.376 e. The second kappa shape index (κ2) is 8.02. The molecule has 3 rings (SSSR count). The van der Waals surface area contributed by atoms with Gasteiger partial charge in [-0.15, -0.1) is 11.3 Å². The summed E-state index contributed by atoms with van der Waals surface area (Å²) in [5.74, 6) is -0.196. The average Bonchev–Trinajstić information content (AvgIpc) is 3.33. The van der Waals surface area contributed by atoms with Gasteiger partial charge in [-0.05, 0) is 35.9 Å². The highest BCUT2D eigenvalue weighted by Gasteiger charge is 2.36. The maximum atomic E-state index is 13.2. The number of amides is 1. The zero-order valence-electron chi connectivity index (χ0n) is 15.0. The number of rotatable bonds is 6. The highest BCUT2D eigenvalue weighted by atomic mass is 32.1. The summed E-state index contributed by atoms with van der Waals surface area (Å²) in [5.41, 5.74) is -1.06. The molecule has 1 aromatic carbocycles. The topological polar surface area (TPSA) is 38.3 Å². The molecule has 0 unspecified atom stereocenters. The van der Waals surface area contributed by atoms with Gasteiger partial charge in [0.1, 0.15) is 0 Å². The molecule has 2 heterocycles. The summed E-state index contributed by atoms with van der Waals surface area (Å²) in [6.45, 7) is 2.96. The molecule has 1 saturated heterocycles. The Morgan fingerprint density at radius 1 is 1.26 bits per heavy atom. The Hall–Kier alpha value is -1.86. The van der Waals surface area contributed by atoms with Crippen molar-refractivity contribution in [2.24, 2.45) is 0 Å². The van der Waals surface area contributed by atoms with Crippen molar-refractivity contribution in [1.82, 2.24) is 5.32 Å². The van der Waals surface area contributed by atoms with Crippen molar-refractivity contribution in [3.8, 4) is 0 Å². The first-order valence-electron chi connectivity index (χ1n) is 8.89. The van der Waals surface area contributed by atoms with E-state index in [1.165, 1.54) is 17.4 Å². The van der Waals surface area contributed by atoms with Gasteiger partial charge in [0.25, 0.3) is 0 Å². The van der Waals surface area contributed by atoms with E-state index in [0.717, 1.165) is 29.9 Å². The Kier molecular flexibility index (Phi) is 5.91. The standard InChI is InChI=1S/C20H22F3NO2S/c1-19(17-8-4-10-27-17,12-18(25)24-13-16-7-3-9-26-16)14-5-2-6-15(11-14)20(21,22)23/h2,4-6,8,10-11,16H,3,7,9,12-13H2,1H3,(H,24,25)/t16-,19+/m1/s1. The molecule has 1 aliphatic rings. The smallest absolute Gasteiger partial charge is 0.376 e. The summed E-state index contributed by atoms with van der Waals surface area (Å²) in [7, 11) is 0. The lowest BCUT2D eigenvalue weighted by Gasteiger charge is -2.29.